The summed E-state index contributed by atoms with van der Waals surface area (Å²) < 4.78 is 11.5. The van der Waals surface area contributed by atoms with Gasteiger partial charge < -0.3 is 8.98 Å². The topological polar surface area (TPSA) is 43.9 Å². The second-order valence-electron chi connectivity index (χ2n) is 14.9. The summed E-state index contributed by atoms with van der Waals surface area (Å²) in [4.78, 5) is 10.9. The van der Waals surface area contributed by atoms with Crippen molar-refractivity contribution >= 4 is 108 Å². The molecule has 0 unspecified atom stereocenters. The van der Waals surface area contributed by atoms with E-state index in [9.17, 15) is 0 Å². The fourth-order valence-electron chi connectivity index (χ4n) is 9.26. The highest BCUT2D eigenvalue weighted by atomic mass is 32.1. The molecule has 0 atom stereocenters. The summed E-state index contributed by atoms with van der Waals surface area (Å²) in [7, 11) is 0. The Morgan fingerprint density at radius 3 is 2.07 bits per heavy atom. The van der Waals surface area contributed by atoms with Crippen LogP contribution < -0.4 is 0 Å². The monoisotopic (exact) mass is 743 g/mol. The maximum atomic E-state index is 6.60. The van der Waals surface area contributed by atoms with Crippen LogP contribution >= 0.6 is 11.3 Å². The van der Waals surface area contributed by atoms with Crippen molar-refractivity contribution in [2.75, 3.05) is 0 Å². The number of thiophene rings is 1. The normalized spacial score (nSPS) is 12.2. The van der Waals surface area contributed by atoms with Gasteiger partial charge in [-0.1, -0.05) is 133 Å². The molecule has 13 aromatic rings. The van der Waals surface area contributed by atoms with Crippen LogP contribution in [0, 0.1) is 0 Å². The molecule has 0 amide bonds. The van der Waals surface area contributed by atoms with E-state index in [-0.39, 0.29) is 0 Å². The Hall–Kier alpha value is -7.34. The maximum Gasteiger partial charge on any atom is 0.161 e. The van der Waals surface area contributed by atoms with Gasteiger partial charge in [0.15, 0.2) is 5.82 Å². The van der Waals surface area contributed by atoms with Crippen LogP contribution in [0.5, 0.6) is 0 Å². The van der Waals surface area contributed by atoms with E-state index in [1.165, 1.54) is 63.5 Å². The van der Waals surface area contributed by atoms with Crippen molar-refractivity contribution in [3.05, 3.63) is 176 Å². The van der Waals surface area contributed by atoms with Crippen LogP contribution in [-0.2, 0) is 0 Å². The molecule has 264 valence electrons. The van der Waals surface area contributed by atoms with Gasteiger partial charge in [0.1, 0.15) is 11.2 Å². The van der Waals surface area contributed by atoms with Gasteiger partial charge in [0.2, 0.25) is 0 Å². The van der Waals surface area contributed by atoms with Crippen molar-refractivity contribution in [3.63, 3.8) is 0 Å². The number of benzene rings is 9. The quantitative estimate of drug-likeness (QED) is 0.181. The van der Waals surface area contributed by atoms with Crippen LogP contribution in [0.4, 0.5) is 0 Å². The molecule has 0 fully saturated rings. The zero-order valence-electron chi connectivity index (χ0n) is 30.4. The largest absolute Gasteiger partial charge is 0.455 e. The average Bonchev–Trinajstić information content (AvgIpc) is 3.96. The molecule has 4 aromatic heterocycles. The molecule has 0 spiro atoms. The zero-order chi connectivity index (χ0) is 37.2. The summed E-state index contributed by atoms with van der Waals surface area (Å²) >= 11 is 1.81. The second kappa shape index (κ2) is 11.6. The third-order valence-corrected chi connectivity index (χ3v) is 13.0. The van der Waals surface area contributed by atoms with Gasteiger partial charge in [-0.15, -0.1) is 11.3 Å². The van der Waals surface area contributed by atoms with E-state index < -0.39 is 0 Å². The van der Waals surface area contributed by atoms with Gasteiger partial charge in [0.25, 0.3) is 0 Å². The number of hydrogen-bond acceptors (Lipinski definition) is 4. The number of nitrogens with zero attached hydrogens (tertiary/aromatic N) is 3. The Bertz CT molecular complexity index is 3830. The van der Waals surface area contributed by atoms with Crippen LogP contribution in [0.2, 0.25) is 0 Å². The first kappa shape index (κ1) is 30.9. The van der Waals surface area contributed by atoms with Gasteiger partial charge in [-0.25, -0.2) is 9.97 Å². The van der Waals surface area contributed by atoms with E-state index in [2.05, 4.69) is 168 Å². The fourth-order valence-corrected chi connectivity index (χ4v) is 10.5. The van der Waals surface area contributed by atoms with Crippen molar-refractivity contribution in [2.45, 2.75) is 0 Å². The number of fused-ring (bicyclic) bond motifs is 14. The first-order valence-corrected chi connectivity index (χ1v) is 20.1. The van der Waals surface area contributed by atoms with Crippen molar-refractivity contribution < 1.29 is 4.42 Å². The summed E-state index contributed by atoms with van der Waals surface area (Å²) in [6.45, 7) is 0. The minimum absolute atomic E-state index is 0.686. The molecule has 5 heteroatoms. The third-order valence-electron chi connectivity index (χ3n) is 11.8. The Kier molecular flexibility index (Phi) is 6.29. The summed E-state index contributed by atoms with van der Waals surface area (Å²) in [6.07, 6.45) is 0. The van der Waals surface area contributed by atoms with Crippen molar-refractivity contribution in [1.82, 2.24) is 14.5 Å². The van der Waals surface area contributed by atoms with Gasteiger partial charge in [-0.05, 0) is 58.6 Å². The summed E-state index contributed by atoms with van der Waals surface area (Å²) in [5.41, 5.74) is 8.83. The molecule has 0 radical (unpaired) electrons. The van der Waals surface area contributed by atoms with Crippen molar-refractivity contribution in [3.8, 4) is 28.3 Å². The van der Waals surface area contributed by atoms with E-state index in [1.54, 1.807) is 11.3 Å². The number of para-hydroxylation sites is 3. The lowest BCUT2D eigenvalue weighted by Gasteiger charge is -2.14. The molecule has 0 saturated carbocycles. The highest BCUT2D eigenvalue weighted by molar-refractivity contribution is 7.26. The first-order valence-electron chi connectivity index (χ1n) is 19.2. The molecule has 13 rings (SSSR count). The molecule has 0 aliphatic carbocycles. The van der Waals surface area contributed by atoms with Gasteiger partial charge in [0.05, 0.1) is 22.2 Å². The lowest BCUT2D eigenvalue weighted by molar-refractivity contribution is 0.670. The Labute approximate surface area is 329 Å². The van der Waals surface area contributed by atoms with Crippen molar-refractivity contribution in [2.24, 2.45) is 0 Å². The molecule has 0 N–H and O–H groups in total. The maximum absolute atomic E-state index is 6.60. The Morgan fingerprint density at radius 1 is 0.474 bits per heavy atom. The van der Waals surface area contributed by atoms with Gasteiger partial charge in [-0.2, -0.15) is 0 Å². The number of hydrogen-bond donors (Lipinski definition) is 0. The SMILES string of the molecule is c1ccc2c(c1)ccc1c2c2ccc3ccccc3c2n1-c1cc(-c2nc(-c3cccc4c3oc3ccccc34)c3ccccc3n2)c2sc3ccccc3c2c1. The summed E-state index contributed by atoms with van der Waals surface area (Å²) in [6, 6.07) is 63.0. The van der Waals surface area contributed by atoms with E-state index in [0.29, 0.717) is 5.82 Å². The fraction of sp³-hybridized carbons (Fsp3) is 0. The van der Waals surface area contributed by atoms with E-state index in [1.807, 2.05) is 12.1 Å². The van der Waals surface area contributed by atoms with Crippen LogP contribution in [0.15, 0.2) is 180 Å². The first-order chi connectivity index (χ1) is 28.3. The highest BCUT2D eigenvalue weighted by Gasteiger charge is 2.23. The highest BCUT2D eigenvalue weighted by Crippen LogP contribution is 2.46. The number of aromatic nitrogens is 3. The van der Waals surface area contributed by atoms with Crippen LogP contribution in [-0.4, -0.2) is 14.5 Å². The zero-order valence-corrected chi connectivity index (χ0v) is 31.2. The van der Waals surface area contributed by atoms with E-state index in [4.69, 9.17) is 14.4 Å². The minimum Gasteiger partial charge on any atom is -0.455 e. The molecule has 0 bridgehead atoms. The van der Waals surface area contributed by atoms with E-state index >= 15 is 0 Å². The molecular formula is C52H29N3OS. The molecule has 57 heavy (non-hydrogen) atoms. The average molecular weight is 744 g/mol. The molecule has 4 nitrogen and oxygen atoms in total. The molecule has 9 aromatic carbocycles. The van der Waals surface area contributed by atoms with Gasteiger partial charge in [-0.3, -0.25) is 0 Å². The molecule has 4 heterocycles. The standard InChI is InChI=1S/C52H29N3OS/c1-3-14-33-30(12-1)25-27-44-47(33)39-26-24-31-13-2-4-15-34(31)49(39)55(44)32-28-41-36-17-7-10-23-46(36)57-51(41)42(29-32)52-53-43-21-8-5-18-38(43)48(54-52)40-20-11-19-37-35-16-6-9-22-45(35)56-50(37)40/h1-29H. The van der Waals surface area contributed by atoms with E-state index in [0.717, 1.165) is 55.3 Å². The van der Waals surface area contributed by atoms with Gasteiger partial charge >= 0.3 is 0 Å². The predicted octanol–water partition coefficient (Wildman–Crippen LogP) is 14.6. The smallest absolute Gasteiger partial charge is 0.161 e. The number of furan rings is 1. The van der Waals surface area contributed by atoms with Crippen LogP contribution in [0.3, 0.4) is 0 Å². The lowest BCUT2D eigenvalue weighted by atomic mass is 10.0. The summed E-state index contributed by atoms with van der Waals surface area (Å²) in [5.74, 6) is 0.686. The lowest BCUT2D eigenvalue weighted by Crippen LogP contribution is -1.99. The molecule has 0 aliphatic heterocycles. The van der Waals surface area contributed by atoms with Crippen LogP contribution in [0.1, 0.15) is 0 Å². The summed E-state index contributed by atoms with van der Waals surface area (Å²) in [5, 5.41) is 13.0. The Balaban J connectivity index is 1.17. The van der Waals surface area contributed by atoms with Crippen molar-refractivity contribution in [1.29, 1.82) is 0 Å². The molecule has 0 saturated heterocycles. The molecular weight excluding hydrogens is 715 g/mol. The minimum atomic E-state index is 0.686. The number of rotatable bonds is 3. The predicted molar refractivity (Wildman–Crippen MR) is 240 cm³/mol. The second-order valence-corrected chi connectivity index (χ2v) is 15.9. The Morgan fingerprint density at radius 2 is 1.18 bits per heavy atom. The third kappa shape index (κ3) is 4.37. The van der Waals surface area contributed by atoms with Gasteiger partial charge in [0, 0.05) is 69.3 Å². The molecule has 0 aliphatic rings. The van der Waals surface area contributed by atoms with Crippen LogP contribution in [0.25, 0.3) is 125 Å².